The molecule has 0 bridgehead atoms. The Morgan fingerprint density at radius 1 is 1.26 bits per heavy atom. The molecule has 0 aliphatic rings. The minimum atomic E-state index is -0.428. The maximum absolute atomic E-state index is 10.1. The van der Waals surface area contributed by atoms with Crippen LogP contribution in [-0.4, -0.2) is 23.6 Å². The molecule has 2 aromatic rings. The van der Waals surface area contributed by atoms with Crippen LogP contribution < -0.4 is 0 Å². The van der Waals surface area contributed by atoms with Crippen molar-refractivity contribution in [3.63, 3.8) is 0 Å². The fraction of sp³-hybridized carbons (Fsp3) is 0.333. The van der Waals surface area contributed by atoms with Crippen LogP contribution >= 0.6 is 22.9 Å². The standard InChI is InChI=1S/C15H18ClNOS/c1-17(11-14-3-2-10-19-14)9-8-15(18)12-4-6-13(16)7-5-12/h2-7,10,15,18H,8-9,11H2,1H3. The van der Waals surface area contributed by atoms with Crippen molar-refractivity contribution in [3.8, 4) is 0 Å². The van der Waals surface area contributed by atoms with E-state index in [0.717, 1.165) is 25.1 Å². The number of aliphatic hydroxyl groups excluding tert-OH is 1. The molecule has 1 unspecified atom stereocenters. The Labute approximate surface area is 123 Å². The van der Waals surface area contributed by atoms with Crippen LogP contribution in [0, 0.1) is 0 Å². The van der Waals surface area contributed by atoms with Crippen molar-refractivity contribution >= 4 is 22.9 Å². The van der Waals surface area contributed by atoms with Crippen LogP contribution in [0.1, 0.15) is 23.0 Å². The minimum absolute atomic E-state index is 0.428. The molecule has 0 spiro atoms. The summed E-state index contributed by atoms with van der Waals surface area (Å²) >= 11 is 7.60. The number of thiophene rings is 1. The summed E-state index contributed by atoms with van der Waals surface area (Å²) in [5.74, 6) is 0. The first-order chi connectivity index (χ1) is 9.15. The number of hydrogen-bond acceptors (Lipinski definition) is 3. The number of aliphatic hydroxyl groups is 1. The van der Waals surface area contributed by atoms with Gasteiger partial charge in [0.25, 0.3) is 0 Å². The van der Waals surface area contributed by atoms with Crippen LogP contribution in [0.4, 0.5) is 0 Å². The van der Waals surface area contributed by atoms with Crippen molar-refractivity contribution in [2.24, 2.45) is 0 Å². The summed E-state index contributed by atoms with van der Waals surface area (Å²) < 4.78 is 0. The van der Waals surface area contributed by atoms with Gasteiger partial charge in [-0.25, -0.2) is 0 Å². The van der Waals surface area contributed by atoms with E-state index in [0.29, 0.717) is 5.02 Å². The molecule has 2 rings (SSSR count). The summed E-state index contributed by atoms with van der Waals surface area (Å²) in [7, 11) is 2.08. The van der Waals surface area contributed by atoms with Gasteiger partial charge in [-0.1, -0.05) is 29.8 Å². The topological polar surface area (TPSA) is 23.5 Å². The third kappa shape index (κ3) is 4.62. The molecule has 0 fully saturated rings. The van der Waals surface area contributed by atoms with E-state index in [4.69, 9.17) is 11.6 Å². The Morgan fingerprint density at radius 3 is 2.63 bits per heavy atom. The van der Waals surface area contributed by atoms with Gasteiger partial charge in [-0.05, 0) is 42.6 Å². The zero-order chi connectivity index (χ0) is 13.7. The van der Waals surface area contributed by atoms with Gasteiger partial charge >= 0.3 is 0 Å². The van der Waals surface area contributed by atoms with Crippen molar-refractivity contribution in [3.05, 3.63) is 57.2 Å². The summed E-state index contributed by atoms with van der Waals surface area (Å²) in [6, 6.07) is 11.6. The highest BCUT2D eigenvalue weighted by Crippen LogP contribution is 2.20. The molecule has 0 aliphatic carbocycles. The van der Waals surface area contributed by atoms with E-state index in [-0.39, 0.29) is 0 Å². The summed E-state index contributed by atoms with van der Waals surface area (Å²) in [6.07, 6.45) is 0.298. The normalized spacial score (nSPS) is 12.8. The lowest BCUT2D eigenvalue weighted by Gasteiger charge is -2.18. The van der Waals surface area contributed by atoms with Crippen LogP contribution in [-0.2, 0) is 6.54 Å². The van der Waals surface area contributed by atoms with Crippen molar-refractivity contribution in [1.29, 1.82) is 0 Å². The zero-order valence-corrected chi connectivity index (χ0v) is 12.5. The molecule has 102 valence electrons. The molecule has 1 N–H and O–H groups in total. The second-order valence-corrected chi connectivity index (χ2v) is 6.14. The molecule has 0 saturated carbocycles. The number of hydrogen-bond donors (Lipinski definition) is 1. The van der Waals surface area contributed by atoms with E-state index in [2.05, 4.69) is 29.5 Å². The zero-order valence-electron chi connectivity index (χ0n) is 10.9. The van der Waals surface area contributed by atoms with Gasteiger partial charge in [0.05, 0.1) is 6.10 Å². The Kier molecular flexibility index (Phi) is 5.40. The Balaban J connectivity index is 1.79. The number of benzene rings is 1. The van der Waals surface area contributed by atoms with Crippen LogP contribution in [0.2, 0.25) is 5.02 Å². The second-order valence-electron chi connectivity index (χ2n) is 4.67. The van der Waals surface area contributed by atoms with Gasteiger partial charge in [0.1, 0.15) is 0 Å². The molecule has 0 radical (unpaired) electrons. The van der Waals surface area contributed by atoms with Gasteiger partial charge in [-0.2, -0.15) is 0 Å². The van der Waals surface area contributed by atoms with Gasteiger partial charge in [-0.3, -0.25) is 0 Å². The minimum Gasteiger partial charge on any atom is -0.388 e. The molecular formula is C15H18ClNOS. The monoisotopic (exact) mass is 295 g/mol. The fourth-order valence-corrected chi connectivity index (χ4v) is 2.85. The highest BCUT2D eigenvalue weighted by atomic mass is 35.5. The Hall–Kier alpha value is -0.870. The molecule has 2 nitrogen and oxygen atoms in total. The predicted octanol–water partition coefficient (Wildman–Crippen LogP) is 3.96. The predicted molar refractivity (Wildman–Crippen MR) is 81.7 cm³/mol. The average molecular weight is 296 g/mol. The van der Waals surface area contributed by atoms with E-state index >= 15 is 0 Å². The van der Waals surface area contributed by atoms with Crippen molar-refractivity contribution in [2.45, 2.75) is 19.1 Å². The molecule has 1 aromatic heterocycles. The average Bonchev–Trinajstić information content (AvgIpc) is 2.89. The van der Waals surface area contributed by atoms with E-state index < -0.39 is 6.10 Å². The summed E-state index contributed by atoms with van der Waals surface area (Å²) in [6.45, 7) is 1.80. The number of halogens is 1. The van der Waals surface area contributed by atoms with E-state index in [1.807, 2.05) is 24.3 Å². The van der Waals surface area contributed by atoms with Crippen LogP contribution in [0.25, 0.3) is 0 Å². The lowest BCUT2D eigenvalue weighted by molar-refractivity contribution is 0.148. The fourth-order valence-electron chi connectivity index (χ4n) is 1.94. The van der Waals surface area contributed by atoms with E-state index in [1.54, 1.807) is 11.3 Å². The van der Waals surface area contributed by atoms with Crippen molar-refractivity contribution < 1.29 is 5.11 Å². The molecule has 19 heavy (non-hydrogen) atoms. The van der Waals surface area contributed by atoms with Gasteiger partial charge < -0.3 is 10.0 Å². The van der Waals surface area contributed by atoms with Crippen LogP contribution in [0.15, 0.2) is 41.8 Å². The highest BCUT2D eigenvalue weighted by Gasteiger charge is 2.09. The van der Waals surface area contributed by atoms with Gasteiger partial charge in [-0.15, -0.1) is 11.3 Å². The molecule has 1 atom stereocenters. The maximum Gasteiger partial charge on any atom is 0.0802 e. The first kappa shape index (κ1) is 14.5. The van der Waals surface area contributed by atoms with Crippen molar-refractivity contribution in [2.75, 3.05) is 13.6 Å². The lowest BCUT2D eigenvalue weighted by atomic mass is 10.1. The van der Waals surface area contributed by atoms with Gasteiger partial charge in [0.15, 0.2) is 0 Å². The Bertz CT molecular complexity index is 483. The lowest BCUT2D eigenvalue weighted by Crippen LogP contribution is -2.20. The third-order valence-corrected chi connectivity index (χ3v) is 4.16. The molecule has 0 amide bonds. The van der Waals surface area contributed by atoms with Gasteiger partial charge in [0, 0.05) is 23.0 Å². The van der Waals surface area contributed by atoms with Crippen LogP contribution in [0.5, 0.6) is 0 Å². The first-order valence-electron chi connectivity index (χ1n) is 6.29. The molecule has 1 aromatic carbocycles. The third-order valence-electron chi connectivity index (χ3n) is 3.04. The molecule has 0 aliphatic heterocycles. The highest BCUT2D eigenvalue weighted by molar-refractivity contribution is 7.09. The number of rotatable bonds is 6. The SMILES string of the molecule is CN(CCC(O)c1ccc(Cl)cc1)Cc1cccs1. The van der Waals surface area contributed by atoms with Crippen LogP contribution in [0.3, 0.4) is 0 Å². The van der Waals surface area contributed by atoms with Gasteiger partial charge in [0.2, 0.25) is 0 Å². The number of nitrogens with zero attached hydrogens (tertiary/aromatic N) is 1. The summed E-state index contributed by atoms with van der Waals surface area (Å²) in [5.41, 5.74) is 0.925. The molecular weight excluding hydrogens is 278 g/mol. The van der Waals surface area contributed by atoms with E-state index in [1.165, 1.54) is 4.88 Å². The summed E-state index contributed by atoms with van der Waals surface area (Å²) in [4.78, 5) is 3.58. The largest absolute Gasteiger partial charge is 0.388 e. The second kappa shape index (κ2) is 7.06. The molecule has 1 heterocycles. The van der Waals surface area contributed by atoms with E-state index in [9.17, 15) is 5.11 Å². The molecule has 0 saturated heterocycles. The quantitative estimate of drug-likeness (QED) is 0.872. The summed E-state index contributed by atoms with van der Waals surface area (Å²) in [5, 5.41) is 12.9. The first-order valence-corrected chi connectivity index (χ1v) is 7.55. The van der Waals surface area contributed by atoms with Crippen molar-refractivity contribution in [1.82, 2.24) is 4.90 Å². The smallest absolute Gasteiger partial charge is 0.0802 e. The maximum atomic E-state index is 10.1. The molecule has 4 heteroatoms. The Morgan fingerprint density at radius 2 is 2.00 bits per heavy atom.